The maximum Gasteiger partial charge on any atom is 0.142 e. The maximum absolute atomic E-state index is 8.60. The third-order valence-electron chi connectivity index (χ3n) is 5.56. The second-order valence-corrected chi connectivity index (χ2v) is 8.36. The number of nitrogens with zero attached hydrogens (tertiary/aromatic N) is 6. The first kappa shape index (κ1) is 17.9. The molecule has 0 fully saturated rings. The predicted octanol–water partition coefficient (Wildman–Crippen LogP) is 4.79. The standard InChI is InChI=1S/C20H19N7OS/c1-28-16-6-13-9-22-8-12(13)5-15(16)26-19-18-14-3-2-11(7-25-27-21)4-17(14)29-20(18)24-10-23-19/h5-6,8,10-11H,2-4,7,9H2,1H3,(H,23,24,26). The molecule has 2 aliphatic rings. The number of thiophene rings is 1. The van der Waals surface area contributed by atoms with E-state index in [4.69, 9.17) is 10.3 Å². The van der Waals surface area contributed by atoms with Gasteiger partial charge < -0.3 is 10.1 Å². The van der Waals surface area contributed by atoms with Crippen molar-refractivity contribution < 1.29 is 4.74 Å². The van der Waals surface area contributed by atoms with E-state index in [1.165, 1.54) is 16.0 Å². The number of hydrogen-bond acceptors (Lipinski definition) is 7. The van der Waals surface area contributed by atoms with Crippen molar-refractivity contribution in [1.29, 1.82) is 0 Å². The summed E-state index contributed by atoms with van der Waals surface area (Å²) in [5, 5.41) is 8.33. The van der Waals surface area contributed by atoms with Gasteiger partial charge in [0.2, 0.25) is 0 Å². The highest BCUT2D eigenvalue weighted by Crippen LogP contribution is 2.41. The Morgan fingerprint density at radius 2 is 2.31 bits per heavy atom. The molecule has 0 saturated carbocycles. The van der Waals surface area contributed by atoms with Gasteiger partial charge in [0, 0.05) is 22.5 Å². The molecule has 0 bridgehead atoms. The normalized spacial score (nSPS) is 16.9. The quantitative estimate of drug-likeness (QED) is 0.374. The third kappa shape index (κ3) is 3.18. The molecule has 9 heteroatoms. The molecule has 3 heterocycles. The molecule has 0 spiro atoms. The van der Waals surface area contributed by atoms with Gasteiger partial charge in [-0.3, -0.25) is 4.99 Å². The second-order valence-electron chi connectivity index (χ2n) is 7.27. The maximum atomic E-state index is 8.60. The van der Waals surface area contributed by atoms with Crippen molar-refractivity contribution in [3.8, 4) is 5.75 Å². The van der Waals surface area contributed by atoms with E-state index in [1.807, 2.05) is 12.3 Å². The molecule has 1 unspecified atom stereocenters. The molecule has 0 amide bonds. The summed E-state index contributed by atoms with van der Waals surface area (Å²) in [6.07, 6.45) is 6.37. The van der Waals surface area contributed by atoms with Crippen LogP contribution in [0.3, 0.4) is 0 Å². The predicted molar refractivity (Wildman–Crippen MR) is 115 cm³/mol. The summed E-state index contributed by atoms with van der Waals surface area (Å²) < 4.78 is 5.60. The number of rotatable bonds is 5. The Kier molecular flexibility index (Phi) is 4.54. The summed E-state index contributed by atoms with van der Waals surface area (Å²) in [6.45, 7) is 1.24. The Labute approximate surface area is 171 Å². The summed E-state index contributed by atoms with van der Waals surface area (Å²) >= 11 is 1.71. The van der Waals surface area contributed by atoms with Crippen molar-refractivity contribution in [2.45, 2.75) is 25.8 Å². The Hall–Kier alpha value is -3.16. The molecule has 5 rings (SSSR count). The van der Waals surface area contributed by atoms with Gasteiger partial charge in [-0.25, -0.2) is 9.97 Å². The van der Waals surface area contributed by atoms with E-state index < -0.39 is 0 Å². The highest BCUT2D eigenvalue weighted by atomic mass is 32.1. The minimum Gasteiger partial charge on any atom is -0.495 e. The lowest BCUT2D eigenvalue weighted by Gasteiger charge is -2.20. The molecule has 0 radical (unpaired) electrons. The molecule has 1 aliphatic heterocycles. The average Bonchev–Trinajstić information content (AvgIpc) is 3.35. The highest BCUT2D eigenvalue weighted by molar-refractivity contribution is 7.19. The zero-order chi connectivity index (χ0) is 19.8. The monoisotopic (exact) mass is 405 g/mol. The first-order chi connectivity index (χ1) is 14.3. The lowest BCUT2D eigenvalue weighted by Crippen LogP contribution is -2.15. The molecule has 1 aromatic carbocycles. The lowest BCUT2D eigenvalue weighted by atomic mass is 9.88. The SMILES string of the molecule is COc1cc2c(cc1Nc1ncnc3sc4c(c13)CCC(CN=[N+]=[N-])C4)C=NC2. The van der Waals surface area contributed by atoms with Crippen LogP contribution < -0.4 is 10.1 Å². The smallest absolute Gasteiger partial charge is 0.142 e. The van der Waals surface area contributed by atoms with Crippen molar-refractivity contribution in [1.82, 2.24) is 9.97 Å². The molecule has 8 nitrogen and oxygen atoms in total. The number of aryl methyl sites for hydroxylation is 1. The minimum atomic E-state index is 0.395. The lowest BCUT2D eigenvalue weighted by molar-refractivity contribution is 0.416. The van der Waals surface area contributed by atoms with Gasteiger partial charge in [-0.2, -0.15) is 0 Å². The van der Waals surface area contributed by atoms with Crippen molar-refractivity contribution >= 4 is 39.3 Å². The van der Waals surface area contributed by atoms with Gasteiger partial charge in [-0.1, -0.05) is 5.11 Å². The zero-order valence-electron chi connectivity index (χ0n) is 15.9. The number of azide groups is 1. The first-order valence-electron chi connectivity index (χ1n) is 9.50. The number of hydrogen-bond donors (Lipinski definition) is 1. The van der Waals surface area contributed by atoms with Crippen molar-refractivity contribution in [3.05, 3.63) is 50.5 Å². The fourth-order valence-corrected chi connectivity index (χ4v) is 5.41. The number of nitrogens with one attached hydrogen (secondary N) is 1. The van der Waals surface area contributed by atoms with E-state index in [9.17, 15) is 0 Å². The van der Waals surface area contributed by atoms with Gasteiger partial charge in [0.1, 0.15) is 22.7 Å². The van der Waals surface area contributed by atoms with Crippen LogP contribution in [0, 0.1) is 5.92 Å². The topological polar surface area (TPSA) is 108 Å². The van der Waals surface area contributed by atoms with E-state index >= 15 is 0 Å². The second kappa shape index (κ2) is 7.35. The molecule has 146 valence electrons. The molecule has 29 heavy (non-hydrogen) atoms. The zero-order valence-corrected chi connectivity index (χ0v) is 16.7. The fourth-order valence-electron chi connectivity index (χ4n) is 4.11. The van der Waals surface area contributed by atoms with Crippen LogP contribution in [0.25, 0.3) is 20.7 Å². The van der Waals surface area contributed by atoms with Gasteiger partial charge in [0.25, 0.3) is 0 Å². The van der Waals surface area contributed by atoms with E-state index in [2.05, 4.69) is 36.4 Å². The van der Waals surface area contributed by atoms with E-state index in [1.54, 1.807) is 24.8 Å². The van der Waals surface area contributed by atoms with Crippen LogP contribution in [0.1, 0.15) is 28.0 Å². The number of benzene rings is 1. The number of fused-ring (bicyclic) bond motifs is 4. The number of aromatic nitrogens is 2. The minimum absolute atomic E-state index is 0.395. The van der Waals surface area contributed by atoms with Crippen molar-refractivity contribution in [2.24, 2.45) is 16.0 Å². The van der Waals surface area contributed by atoms with Crippen molar-refractivity contribution in [2.75, 3.05) is 19.0 Å². The van der Waals surface area contributed by atoms with Crippen LogP contribution >= 0.6 is 11.3 Å². The summed E-state index contributed by atoms with van der Waals surface area (Å²) in [4.78, 5) is 18.6. The van der Waals surface area contributed by atoms with Gasteiger partial charge in [0.05, 0.1) is 24.7 Å². The Morgan fingerprint density at radius 3 is 3.17 bits per heavy atom. The van der Waals surface area contributed by atoms with Gasteiger partial charge >= 0.3 is 0 Å². The number of anilines is 2. The summed E-state index contributed by atoms with van der Waals surface area (Å²) in [5.74, 6) is 1.97. The molecular weight excluding hydrogens is 386 g/mol. The summed E-state index contributed by atoms with van der Waals surface area (Å²) in [6, 6.07) is 4.10. The van der Waals surface area contributed by atoms with Crippen LogP contribution in [0.2, 0.25) is 0 Å². The van der Waals surface area contributed by atoms with Gasteiger partial charge in [0.15, 0.2) is 0 Å². The Balaban J connectivity index is 1.53. The van der Waals surface area contributed by atoms with Gasteiger partial charge in [-0.15, -0.1) is 11.3 Å². The molecule has 1 N–H and O–H groups in total. The number of methoxy groups -OCH3 is 1. The third-order valence-corrected chi connectivity index (χ3v) is 6.72. The van der Waals surface area contributed by atoms with Crippen LogP contribution in [0.4, 0.5) is 11.5 Å². The Bertz CT molecular complexity index is 1180. The fraction of sp³-hybridized carbons (Fsp3) is 0.350. The largest absolute Gasteiger partial charge is 0.495 e. The Morgan fingerprint density at radius 1 is 1.38 bits per heavy atom. The van der Waals surface area contributed by atoms with Crippen LogP contribution in [-0.2, 0) is 19.4 Å². The van der Waals surface area contributed by atoms with E-state index in [0.717, 1.165) is 52.3 Å². The van der Waals surface area contributed by atoms with Crippen LogP contribution in [0.15, 0.2) is 28.6 Å². The van der Waals surface area contributed by atoms with Crippen LogP contribution in [-0.4, -0.2) is 29.8 Å². The van der Waals surface area contributed by atoms with E-state index in [-0.39, 0.29) is 0 Å². The molecule has 3 aromatic rings. The van der Waals surface area contributed by atoms with E-state index in [0.29, 0.717) is 19.0 Å². The molecular formula is C20H19N7OS. The van der Waals surface area contributed by atoms with Gasteiger partial charge in [-0.05, 0) is 59.5 Å². The van der Waals surface area contributed by atoms with Crippen LogP contribution in [0.5, 0.6) is 5.75 Å². The summed E-state index contributed by atoms with van der Waals surface area (Å²) in [5.41, 5.74) is 13.1. The number of aliphatic imine (C=N–C) groups is 1. The molecule has 1 aliphatic carbocycles. The summed E-state index contributed by atoms with van der Waals surface area (Å²) in [7, 11) is 1.68. The molecule has 1 atom stereocenters. The molecule has 2 aromatic heterocycles. The average molecular weight is 405 g/mol. The van der Waals surface area contributed by atoms with Crippen molar-refractivity contribution in [3.63, 3.8) is 0 Å². The highest BCUT2D eigenvalue weighted by Gasteiger charge is 2.25. The number of ether oxygens (including phenoxy) is 1. The molecule has 0 saturated heterocycles. The first-order valence-corrected chi connectivity index (χ1v) is 10.3.